The highest BCUT2D eigenvalue weighted by molar-refractivity contribution is 7.91. The van der Waals surface area contributed by atoms with Gasteiger partial charge < -0.3 is 5.11 Å². The molecule has 0 atom stereocenters. The number of aromatic amines is 1. The Morgan fingerprint density at radius 3 is 2.41 bits per heavy atom. The normalized spacial score (nSPS) is 11.9. The van der Waals surface area contributed by atoms with Crippen molar-refractivity contribution in [3.8, 4) is 5.69 Å². The Hall–Kier alpha value is -2.97. The second-order valence-electron chi connectivity index (χ2n) is 5.92. The zero-order valence-corrected chi connectivity index (χ0v) is 15.5. The number of para-hydroxylation sites is 1. The van der Waals surface area contributed by atoms with Crippen LogP contribution in [-0.4, -0.2) is 41.9 Å². The maximum atomic E-state index is 12.6. The van der Waals surface area contributed by atoms with E-state index in [-0.39, 0.29) is 16.2 Å². The molecule has 0 aliphatic rings. The van der Waals surface area contributed by atoms with Gasteiger partial charge >= 0.3 is 0 Å². The van der Waals surface area contributed by atoms with Gasteiger partial charge in [-0.2, -0.15) is 0 Å². The lowest BCUT2D eigenvalue weighted by molar-refractivity contribution is 0.319. The molecule has 1 heterocycles. The molecule has 27 heavy (non-hydrogen) atoms. The van der Waals surface area contributed by atoms with E-state index in [0.717, 1.165) is 5.69 Å². The van der Waals surface area contributed by atoms with Crippen LogP contribution in [0, 0.1) is 6.92 Å². The molecular weight excluding hydrogens is 366 g/mol. The van der Waals surface area contributed by atoms with Crippen molar-refractivity contribution in [1.29, 1.82) is 0 Å². The molecule has 0 unspecified atom stereocenters. The average molecular weight is 385 g/mol. The quantitative estimate of drug-likeness (QED) is 0.633. The number of aromatic nitrogens is 2. The number of aliphatic hydroxyl groups excluding tert-OH is 1. The lowest BCUT2D eigenvalue weighted by Gasteiger charge is -2.02. The van der Waals surface area contributed by atoms with Crippen LogP contribution in [0.1, 0.15) is 11.3 Å². The number of nitrogens with zero attached hydrogens (tertiary/aromatic N) is 2. The fraction of sp³-hybridized carbons (Fsp3) is 0.158. The summed E-state index contributed by atoms with van der Waals surface area (Å²) < 4.78 is 25.3. The highest BCUT2D eigenvalue weighted by Gasteiger charge is 2.13. The third-order valence-electron chi connectivity index (χ3n) is 4.03. The minimum atomic E-state index is -3.50. The molecule has 0 radical (unpaired) electrons. The summed E-state index contributed by atoms with van der Waals surface area (Å²) in [6, 6.07) is 15.2. The zero-order valence-electron chi connectivity index (χ0n) is 14.7. The Labute approximate surface area is 156 Å². The van der Waals surface area contributed by atoms with Crippen LogP contribution in [0.15, 0.2) is 69.3 Å². The van der Waals surface area contributed by atoms with Crippen molar-refractivity contribution < 1.29 is 13.5 Å². The van der Waals surface area contributed by atoms with Crippen molar-refractivity contribution in [2.45, 2.75) is 11.8 Å². The van der Waals surface area contributed by atoms with Crippen LogP contribution in [0.5, 0.6) is 0 Å². The first kappa shape index (κ1) is 18.8. The predicted molar refractivity (Wildman–Crippen MR) is 104 cm³/mol. The molecule has 3 aromatic rings. The van der Waals surface area contributed by atoms with E-state index in [1.807, 2.05) is 30.3 Å². The third kappa shape index (κ3) is 4.07. The van der Waals surface area contributed by atoms with E-state index in [1.165, 1.54) is 23.0 Å². The summed E-state index contributed by atoms with van der Waals surface area (Å²) in [6.45, 7) is 1.36. The first-order chi connectivity index (χ1) is 12.9. The predicted octanol–water partition coefficient (Wildman–Crippen LogP) is 1.99. The minimum absolute atomic E-state index is 0.125. The van der Waals surface area contributed by atoms with E-state index in [0.29, 0.717) is 16.9 Å². The summed E-state index contributed by atoms with van der Waals surface area (Å²) in [5.41, 5.74) is 2.13. The molecule has 0 spiro atoms. The van der Waals surface area contributed by atoms with Crippen molar-refractivity contribution in [3.05, 3.63) is 76.2 Å². The summed E-state index contributed by atoms with van der Waals surface area (Å²) in [7, 11) is -3.50. The van der Waals surface area contributed by atoms with Crippen LogP contribution < -0.4 is 5.56 Å². The van der Waals surface area contributed by atoms with Gasteiger partial charge in [-0.3, -0.25) is 14.9 Å². The van der Waals surface area contributed by atoms with Gasteiger partial charge in [0.05, 0.1) is 34.2 Å². The van der Waals surface area contributed by atoms with Crippen molar-refractivity contribution in [2.75, 3.05) is 12.4 Å². The summed E-state index contributed by atoms with van der Waals surface area (Å²) in [6.07, 6.45) is 1.46. The number of hydrogen-bond acceptors (Lipinski definition) is 5. The number of aryl methyl sites for hydroxylation is 1. The van der Waals surface area contributed by atoms with Crippen molar-refractivity contribution in [1.82, 2.24) is 9.78 Å². The smallest absolute Gasteiger partial charge is 0.280 e. The van der Waals surface area contributed by atoms with Crippen molar-refractivity contribution in [3.63, 3.8) is 0 Å². The van der Waals surface area contributed by atoms with Gasteiger partial charge in [-0.25, -0.2) is 13.1 Å². The van der Waals surface area contributed by atoms with E-state index in [2.05, 4.69) is 10.1 Å². The number of aliphatic imine (C=N–C) groups is 1. The van der Waals surface area contributed by atoms with Gasteiger partial charge in [0.1, 0.15) is 0 Å². The third-order valence-corrected chi connectivity index (χ3v) is 5.74. The van der Waals surface area contributed by atoms with Crippen LogP contribution >= 0.6 is 0 Å². The molecular formula is C19H19N3O4S. The van der Waals surface area contributed by atoms with Gasteiger partial charge in [0.25, 0.3) is 5.56 Å². The van der Waals surface area contributed by atoms with Gasteiger partial charge in [-0.05, 0) is 43.3 Å². The fourth-order valence-corrected chi connectivity index (χ4v) is 3.61. The maximum absolute atomic E-state index is 12.6. The second kappa shape index (κ2) is 7.73. The number of benzene rings is 2. The molecule has 0 saturated heterocycles. The Kier molecular flexibility index (Phi) is 5.38. The molecule has 2 N–H and O–H groups in total. The molecule has 140 valence electrons. The lowest BCUT2D eigenvalue weighted by Crippen LogP contribution is -2.17. The molecule has 0 amide bonds. The summed E-state index contributed by atoms with van der Waals surface area (Å²) in [4.78, 5) is 17.0. The molecule has 0 aliphatic heterocycles. The number of H-pyrrole nitrogens is 1. The van der Waals surface area contributed by atoms with E-state index in [1.54, 1.807) is 19.1 Å². The Bertz CT molecular complexity index is 1110. The van der Waals surface area contributed by atoms with Gasteiger partial charge in [0.2, 0.25) is 0 Å². The SMILES string of the molecule is Cc1[nH]n(-c2ccccc2)c(=O)c1C=Nc1ccc(S(=O)(=O)CCO)cc1. The maximum Gasteiger partial charge on any atom is 0.280 e. The Morgan fingerprint density at radius 1 is 1.11 bits per heavy atom. The van der Waals surface area contributed by atoms with E-state index >= 15 is 0 Å². The summed E-state index contributed by atoms with van der Waals surface area (Å²) >= 11 is 0. The molecule has 0 saturated carbocycles. The number of nitrogens with one attached hydrogen (secondary N) is 1. The average Bonchev–Trinajstić information content (AvgIpc) is 2.95. The number of aliphatic hydroxyl groups is 1. The molecule has 0 aliphatic carbocycles. The molecule has 8 heteroatoms. The lowest BCUT2D eigenvalue weighted by atomic mass is 10.2. The largest absolute Gasteiger partial charge is 0.395 e. The van der Waals surface area contributed by atoms with Crippen molar-refractivity contribution in [2.24, 2.45) is 4.99 Å². The second-order valence-corrected chi connectivity index (χ2v) is 8.03. The van der Waals surface area contributed by atoms with Crippen LogP contribution in [0.3, 0.4) is 0 Å². The molecule has 2 aromatic carbocycles. The fourth-order valence-electron chi connectivity index (χ4n) is 2.59. The zero-order chi connectivity index (χ0) is 19.4. The first-order valence-corrected chi connectivity index (χ1v) is 9.92. The monoisotopic (exact) mass is 385 g/mol. The molecule has 0 bridgehead atoms. The highest BCUT2D eigenvalue weighted by Crippen LogP contribution is 2.17. The topological polar surface area (TPSA) is 105 Å². The molecule has 0 fully saturated rings. The minimum Gasteiger partial charge on any atom is -0.395 e. The van der Waals surface area contributed by atoms with Crippen LogP contribution in [-0.2, 0) is 9.84 Å². The van der Waals surface area contributed by atoms with Gasteiger partial charge in [0, 0.05) is 11.9 Å². The summed E-state index contributed by atoms with van der Waals surface area (Å²) in [5.74, 6) is -0.322. The van der Waals surface area contributed by atoms with E-state index in [9.17, 15) is 13.2 Å². The highest BCUT2D eigenvalue weighted by atomic mass is 32.2. The van der Waals surface area contributed by atoms with E-state index < -0.39 is 16.4 Å². The summed E-state index contributed by atoms with van der Waals surface area (Å²) in [5, 5.41) is 11.8. The Morgan fingerprint density at radius 2 is 1.78 bits per heavy atom. The first-order valence-electron chi connectivity index (χ1n) is 8.27. The van der Waals surface area contributed by atoms with Gasteiger partial charge in [-0.15, -0.1) is 0 Å². The number of sulfone groups is 1. The van der Waals surface area contributed by atoms with Gasteiger partial charge in [-0.1, -0.05) is 18.2 Å². The molecule has 3 rings (SSSR count). The number of hydrogen-bond donors (Lipinski definition) is 2. The Balaban J connectivity index is 1.87. The van der Waals surface area contributed by atoms with Crippen LogP contribution in [0.2, 0.25) is 0 Å². The van der Waals surface area contributed by atoms with Crippen molar-refractivity contribution >= 4 is 21.7 Å². The molecule has 1 aromatic heterocycles. The number of rotatable bonds is 6. The standard InChI is InChI=1S/C19H19N3O4S/c1-14-18(19(24)22(21-14)16-5-3-2-4-6-16)13-20-15-7-9-17(10-8-15)27(25,26)12-11-23/h2-10,13,21,23H,11-12H2,1H3. The van der Waals surface area contributed by atoms with Crippen LogP contribution in [0.4, 0.5) is 5.69 Å². The molecule has 7 nitrogen and oxygen atoms in total. The van der Waals surface area contributed by atoms with E-state index in [4.69, 9.17) is 5.11 Å². The van der Waals surface area contributed by atoms with Crippen LogP contribution in [0.25, 0.3) is 5.69 Å². The van der Waals surface area contributed by atoms with Gasteiger partial charge in [0.15, 0.2) is 9.84 Å².